The van der Waals surface area contributed by atoms with Crippen LogP contribution in [0.25, 0.3) is 0 Å². The van der Waals surface area contributed by atoms with Crippen molar-refractivity contribution in [2.75, 3.05) is 26.3 Å². The van der Waals surface area contributed by atoms with Crippen molar-refractivity contribution in [3.8, 4) is 0 Å². The van der Waals surface area contributed by atoms with Gasteiger partial charge in [0, 0.05) is 25.1 Å². The Labute approximate surface area is 142 Å². The van der Waals surface area contributed by atoms with Crippen molar-refractivity contribution < 1.29 is 19.0 Å². The first-order valence-corrected chi connectivity index (χ1v) is 8.76. The quantitative estimate of drug-likeness (QED) is 0.899. The molecule has 2 aliphatic heterocycles. The van der Waals surface area contributed by atoms with Gasteiger partial charge in [-0.1, -0.05) is 19.1 Å². The average molecular weight is 335 g/mol. The summed E-state index contributed by atoms with van der Waals surface area (Å²) in [6.07, 6.45) is 2.90. The van der Waals surface area contributed by atoms with Crippen molar-refractivity contribution in [2.45, 2.75) is 38.7 Å². The van der Waals surface area contributed by atoms with Crippen molar-refractivity contribution in [2.24, 2.45) is 11.3 Å². The normalized spacial score (nSPS) is 30.0. The van der Waals surface area contributed by atoms with Crippen molar-refractivity contribution >= 4 is 5.91 Å². The third-order valence-corrected chi connectivity index (χ3v) is 5.53. The number of rotatable bonds is 5. The Morgan fingerprint density at radius 1 is 1.42 bits per heavy atom. The molecule has 2 aliphatic rings. The molecule has 0 saturated carbocycles. The average Bonchev–Trinajstić information content (AvgIpc) is 3.17. The van der Waals surface area contributed by atoms with E-state index in [1.165, 1.54) is 12.1 Å². The standard InChI is InChI=1S/C19H26FNO3/c1-14-6-9-24-17(14)10-18(23)21-8-7-19(12-21,13-22)11-15-2-4-16(20)5-3-15/h2-5,14,17,22H,6-13H2,1H3. The third-order valence-electron chi connectivity index (χ3n) is 5.53. The highest BCUT2D eigenvalue weighted by Crippen LogP contribution is 2.35. The predicted octanol–water partition coefficient (Wildman–Crippen LogP) is 2.39. The molecule has 3 atom stereocenters. The van der Waals surface area contributed by atoms with E-state index in [-0.39, 0.29) is 29.9 Å². The van der Waals surface area contributed by atoms with Gasteiger partial charge in [-0.15, -0.1) is 0 Å². The molecule has 0 bridgehead atoms. The Kier molecular flexibility index (Phi) is 5.21. The van der Waals surface area contributed by atoms with E-state index < -0.39 is 0 Å². The van der Waals surface area contributed by atoms with Gasteiger partial charge in [-0.05, 0) is 42.9 Å². The van der Waals surface area contributed by atoms with Crippen LogP contribution in [0.2, 0.25) is 0 Å². The third kappa shape index (κ3) is 3.78. The van der Waals surface area contributed by atoms with E-state index in [2.05, 4.69) is 6.92 Å². The Bertz CT molecular complexity index is 576. The molecule has 4 nitrogen and oxygen atoms in total. The molecule has 2 heterocycles. The lowest BCUT2D eigenvalue weighted by molar-refractivity contribution is -0.133. The first-order valence-electron chi connectivity index (χ1n) is 8.76. The molecule has 3 unspecified atom stereocenters. The summed E-state index contributed by atoms with van der Waals surface area (Å²) in [5.74, 6) is 0.284. The van der Waals surface area contributed by atoms with Crippen LogP contribution >= 0.6 is 0 Å². The highest BCUT2D eigenvalue weighted by Gasteiger charge is 2.40. The summed E-state index contributed by atoms with van der Waals surface area (Å²) < 4.78 is 18.7. The second kappa shape index (κ2) is 7.19. The number of aliphatic hydroxyl groups excluding tert-OH is 1. The maximum atomic E-state index is 13.1. The van der Waals surface area contributed by atoms with E-state index in [1.807, 2.05) is 4.90 Å². The smallest absolute Gasteiger partial charge is 0.225 e. The van der Waals surface area contributed by atoms with Gasteiger partial charge in [0.05, 0.1) is 19.1 Å². The molecule has 24 heavy (non-hydrogen) atoms. The van der Waals surface area contributed by atoms with Gasteiger partial charge >= 0.3 is 0 Å². The van der Waals surface area contributed by atoms with Crippen LogP contribution in [-0.2, 0) is 16.0 Å². The molecule has 0 spiro atoms. The predicted molar refractivity (Wildman–Crippen MR) is 89.0 cm³/mol. The number of ether oxygens (including phenoxy) is 1. The zero-order valence-electron chi connectivity index (χ0n) is 14.2. The summed E-state index contributed by atoms with van der Waals surface area (Å²) >= 11 is 0. The SMILES string of the molecule is CC1CCOC1CC(=O)N1CCC(CO)(Cc2ccc(F)cc2)C1. The number of carbonyl (C=O) groups excluding carboxylic acids is 1. The van der Waals surface area contributed by atoms with Crippen LogP contribution in [0.1, 0.15) is 31.7 Å². The van der Waals surface area contributed by atoms with E-state index in [9.17, 15) is 14.3 Å². The van der Waals surface area contributed by atoms with Crippen LogP contribution in [0.5, 0.6) is 0 Å². The molecule has 3 rings (SSSR count). The highest BCUT2D eigenvalue weighted by molar-refractivity contribution is 5.77. The summed E-state index contributed by atoms with van der Waals surface area (Å²) in [7, 11) is 0. The van der Waals surface area contributed by atoms with Crippen LogP contribution in [-0.4, -0.2) is 48.3 Å². The summed E-state index contributed by atoms with van der Waals surface area (Å²) in [4.78, 5) is 14.4. The van der Waals surface area contributed by atoms with Crippen LogP contribution in [0.15, 0.2) is 24.3 Å². The van der Waals surface area contributed by atoms with Gasteiger partial charge in [0.15, 0.2) is 0 Å². The second-order valence-electron chi connectivity index (χ2n) is 7.41. The number of aliphatic hydroxyl groups is 1. The molecule has 1 N–H and O–H groups in total. The topological polar surface area (TPSA) is 49.8 Å². The number of nitrogens with zero attached hydrogens (tertiary/aromatic N) is 1. The van der Waals surface area contributed by atoms with Gasteiger partial charge in [0.25, 0.3) is 0 Å². The molecule has 1 aromatic carbocycles. The van der Waals surface area contributed by atoms with Gasteiger partial charge < -0.3 is 14.7 Å². The highest BCUT2D eigenvalue weighted by atomic mass is 19.1. The largest absolute Gasteiger partial charge is 0.396 e. The zero-order valence-corrected chi connectivity index (χ0v) is 14.2. The Hall–Kier alpha value is -1.46. The van der Waals surface area contributed by atoms with Crippen molar-refractivity contribution in [1.82, 2.24) is 4.90 Å². The minimum atomic E-state index is -0.324. The Balaban J connectivity index is 1.60. The van der Waals surface area contributed by atoms with Crippen molar-refractivity contribution in [3.63, 3.8) is 0 Å². The first kappa shape index (κ1) is 17.4. The molecule has 0 aliphatic carbocycles. The molecule has 2 saturated heterocycles. The number of amides is 1. The second-order valence-corrected chi connectivity index (χ2v) is 7.41. The number of hydrogen-bond donors (Lipinski definition) is 1. The molecule has 5 heteroatoms. The van der Waals surface area contributed by atoms with Gasteiger partial charge in [-0.2, -0.15) is 0 Å². The summed E-state index contributed by atoms with van der Waals surface area (Å²) in [6, 6.07) is 6.39. The maximum Gasteiger partial charge on any atom is 0.225 e. The Morgan fingerprint density at radius 3 is 2.79 bits per heavy atom. The number of hydrogen-bond acceptors (Lipinski definition) is 3. The van der Waals surface area contributed by atoms with Crippen LogP contribution in [0, 0.1) is 17.2 Å². The monoisotopic (exact) mass is 335 g/mol. The summed E-state index contributed by atoms with van der Waals surface area (Å²) in [6.45, 7) is 4.12. The number of halogens is 1. The van der Waals surface area contributed by atoms with E-state index in [1.54, 1.807) is 12.1 Å². The minimum Gasteiger partial charge on any atom is -0.396 e. The zero-order chi connectivity index (χ0) is 17.2. The lowest BCUT2D eigenvalue weighted by atomic mass is 9.81. The minimum absolute atomic E-state index is 0.0266. The van der Waals surface area contributed by atoms with E-state index in [4.69, 9.17) is 4.74 Å². The van der Waals surface area contributed by atoms with Crippen molar-refractivity contribution in [1.29, 1.82) is 0 Å². The van der Waals surface area contributed by atoms with E-state index in [0.29, 0.717) is 31.8 Å². The van der Waals surface area contributed by atoms with Crippen LogP contribution < -0.4 is 0 Å². The number of benzene rings is 1. The molecule has 132 valence electrons. The van der Waals surface area contributed by atoms with Crippen molar-refractivity contribution in [3.05, 3.63) is 35.6 Å². The summed E-state index contributed by atoms with van der Waals surface area (Å²) in [5.41, 5.74) is 0.669. The molecular weight excluding hydrogens is 309 g/mol. The fourth-order valence-corrected chi connectivity index (χ4v) is 3.83. The van der Waals surface area contributed by atoms with Gasteiger partial charge in [0.2, 0.25) is 5.91 Å². The van der Waals surface area contributed by atoms with Gasteiger partial charge in [-0.3, -0.25) is 4.79 Å². The summed E-state index contributed by atoms with van der Waals surface area (Å²) in [5, 5.41) is 9.92. The molecule has 0 radical (unpaired) electrons. The molecule has 2 fully saturated rings. The lowest BCUT2D eigenvalue weighted by Gasteiger charge is -2.28. The molecular formula is C19H26FNO3. The first-order chi connectivity index (χ1) is 11.5. The fourth-order valence-electron chi connectivity index (χ4n) is 3.83. The molecule has 1 aromatic rings. The lowest BCUT2D eigenvalue weighted by Crippen LogP contribution is -2.37. The van der Waals surface area contributed by atoms with Crippen LogP contribution in [0.4, 0.5) is 4.39 Å². The van der Waals surface area contributed by atoms with Crippen LogP contribution in [0.3, 0.4) is 0 Å². The number of likely N-dealkylation sites (tertiary alicyclic amines) is 1. The van der Waals surface area contributed by atoms with E-state index >= 15 is 0 Å². The molecule has 1 amide bonds. The van der Waals surface area contributed by atoms with Gasteiger partial charge in [0.1, 0.15) is 5.82 Å². The molecule has 0 aromatic heterocycles. The van der Waals surface area contributed by atoms with E-state index in [0.717, 1.165) is 25.0 Å². The Morgan fingerprint density at radius 2 is 2.17 bits per heavy atom. The number of carbonyl (C=O) groups is 1. The maximum absolute atomic E-state index is 13.1. The fraction of sp³-hybridized carbons (Fsp3) is 0.632. The van der Waals surface area contributed by atoms with Gasteiger partial charge in [-0.25, -0.2) is 4.39 Å².